The van der Waals surface area contributed by atoms with Gasteiger partial charge in [0.25, 0.3) is 17.7 Å². The number of rotatable bonds is 13. The fraction of sp³-hybridized carbons (Fsp3) is 0.233. The molecule has 1 heterocycles. The highest BCUT2D eigenvalue weighted by Gasteiger charge is 2.17. The molecule has 1 aliphatic heterocycles. The standard InChI is InChI=1S/C30H30N4O9/c1-3-39-25-13-19(15-32-34-27(35)16-31-29(37)21-8-12-24-26(14-21)43-18-42-24)5-11-23(25)41-17-28(36)33-22-9-6-20(7-10-22)30(38)40-4-2/h5-15H,3-4,16-18H2,1-2H3,(H,31,37)(H,33,36)(H,34,35)/b32-15+. The molecule has 1 aliphatic rings. The van der Waals surface area contributed by atoms with Crippen LogP contribution in [0, 0.1) is 0 Å². The number of fused-ring (bicyclic) bond motifs is 1. The van der Waals surface area contributed by atoms with Crippen LogP contribution in [0.1, 0.15) is 40.1 Å². The molecule has 3 amide bonds. The van der Waals surface area contributed by atoms with E-state index >= 15 is 0 Å². The lowest BCUT2D eigenvalue weighted by molar-refractivity contribution is -0.120. The van der Waals surface area contributed by atoms with Crippen molar-refractivity contribution in [3.63, 3.8) is 0 Å². The van der Waals surface area contributed by atoms with Crippen LogP contribution in [0.25, 0.3) is 0 Å². The topological polar surface area (TPSA) is 163 Å². The number of benzene rings is 3. The van der Waals surface area contributed by atoms with Gasteiger partial charge in [-0.05, 0) is 80.1 Å². The number of anilines is 1. The Morgan fingerprint density at radius 1 is 0.837 bits per heavy atom. The van der Waals surface area contributed by atoms with Gasteiger partial charge in [-0.15, -0.1) is 0 Å². The van der Waals surface area contributed by atoms with Crippen molar-refractivity contribution >= 4 is 35.6 Å². The van der Waals surface area contributed by atoms with Crippen molar-refractivity contribution in [1.29, 1.82) is 0 Å². The first-order valence-corrected chi connectivity index (χ1v) is 13.3. The lowest BCUT2D eigenvalue weighted by Crippen LogP contribution is -2.34. The second-order valence-corrected chi connectivity index (χ2v) is 8.82. The van der Waals surface area contributed by atoms with Crippen LogP contribution >= 0.6 is 0 Å². The minimum absolute atomic E-state index is 0.0943. The van der Waals surface area contributed by atoms with Crippen LogP contribution in [0.4, 0.5) is 5.69 Å². The lowest BCUT2D eigenvalue weighted by Gasteiger charge is -2.13. The Kier molecular flexibility index (Phi) is 10.5. The minimum atomic E-state index is -0.531. The molecule has 3 N–H and O–H groups in total. The van der Waals surface area contributed by atoms with Crippen LogP contribution in [0.2, 0.25) is 0 Å². The molecule has 0 bridgehead atoms. The van der Waals surface area contributed by atoms with Crippen molar-refractivity contribution in [3.05, 3.63) is 77.4 Å². The van der Waals surface area contributed by atoms with Crippen LogP contribution in [0.3, 0.4) is 0 Å². The third kappa shape index (κ3) is 8.70. The van der Waals surface area contributed by atoms with Crippen LogP contribution in [0.15, 0.2) is 65.8 Å². The monoisotopic (exact) mass is 590 g/mol. The Morgan fingerprint density at radius 2 is 1.60 bits per heavy atom. The van der Waals surface area contributed by atoms with Crippen molar-refractivity contribution in [3.8, 4) is 23.0 Å². The molecule has 0 aliphatic carbocycles. The number of esters is 1. The molecule has 0 fully saturated rings. The van der Waals surface area contributed by atoms with Gasteiger partial charge >= 0.3 is 5.97 Å². The van der Waals surface area contributed by atoms with Crippen molar-refractivity contribution in [2.75, 3.05) is 38.5 Å². The summed E-state index contributed by atoms with van der Waals surface area (Å²) >= 11 is 0. The molecule has 43 heavy (non-hydrogen) atoms. The van der Waals surface area contributed by atoms with E-state index in [1.807, 2.05) is 0 Å². The number of nitrogens with one attached hydrogen (secondary N) is 3. The average Bonchev–Trinajstić information content (AvgIpc) is 3.48. The summed E-state index contributed by atoms with van der Waals surface area (Å²) in [6, 6.07) is 16.0. The van der Waals surface area contributed by atoms with Gasteiger partial charge in [0.2, 0.25) is 6.79 Å². The SMILES string of the molecule is CCOC(=O)c1ccc(NC(=O)COc2ccc(/C=N/NC(=O)CNC(=O)c3ccc4c(c3)OCO4)cc2OCC)cc1. The van der Waals surface area contributed by atoms with Gasteiger partial charge in [0.05, 0.1) is 31.5 Å². The van der Waals surface area contributed by atoms with E-state index in [0.717, 1.165) is 0 Å². The number of hydrogen-bond acceptors (Lipinski definition) is 10. The van der Waals surface area contributed by atoms with E-state index in [4.69, 9.17) is 23.7 Å². The zero-order chi connectivity index (χ0) is 30.6. The summed E-state index contributed by atoms with van der Waals surface area (Å²) in [5.41, 5.74) is 4.14. The molecule has 4 rings (SSSR count). The maximum Gasteiger partial charge on any atom is 0.338 e. The Morgan fingerprint density at radius 3 is 2.37 bits per heavy atom. The predicted octanol–water partition coefficient (Wildman–Crippen LogP) is 2.89. The summed E-state index contributed by atoms with van der Waals surface area (Å²) in [7, 11) is 0. The Bertz CT molecular complexity index is 1510. The molecule has 0 atom stereocenters. The first-order valence-electron chi connectivity index (χ1n) is 13.3. The van der Waals surface area contributed by atoms with Crippen molar-refractivity contribution < 1.29 is 42.9 Å². The molecule has 3 aromatic rings. The number of hydrazone groups is 1. The molecule has 0 radical (unpaired) electrons. The molecule has 3 aromatic carbocycles. The summed E-state index contributed by atoms with van der Waals surface area (Å²) < 4.78 is 26.7. The molecule has 0 unspecified atom stereocenters. The fourth-order valence-corrected chi connectivity index (χ4v) is 3.76. The number of hydrogen-bond donors (Lipinski definition) is 3. The van der Waals surface area contributed by atoms with Gasteiger partial charge in [0.1, 0.15) is 0 Å². The summed E-state index contributed by atoms with van der Waals surface area (Å²) in [6.45, 7) is 3.65. The van der Waals surface area contributed by atoms with E-state index in [0.29, 0.717) is 52.0 Å². The summed E-state index contributed by atoms with van der Waals surface area (Å²) in [5.74, 6) is -0.102. The Balaban J connectivity index is 1.24. The summed E-state index contributed by atoms with van der Waals surface area (Å²) in [4.78, 5) is 48.6. The van der Waals surface area contributed by atoms with Gasteiger partial charge in [0.15, 0.2) is 29.6 Å². The minimum Gasteiger partial charge on any atom is -0.490 e. The third-order valence-electron chi connectivity index (χ3n) is 5.75. The number of carbonyl (C=O) groups is 4. The number of ether oxygens (including phenoxy) is 5. The number of nitrogens with zero attached hydrogens (tertiary/aromatic N) is 1. The van der Waals surface area contributed by atoms with E-state index in [1.54, 1.807) is 68.4 Å². The summed E-state index contributed by atoms with van der Waals surface area (Å²) in [6.07, 6.45) is 1.40. The van der Waals surface area contributed by atoms with E-state index in [-0.39, 0.29) is 26.6 Å². The molecular weight excluding hydrogens is 560 g/mol. The molecule has 0 spiro atoms. The second-order valence-electron chi connectivity index (χ2n) is 8.82. The number of carbonyl (C=O) groups excluding carboxylic acids is 4. The van der Waals surface area contributed by atoms with Crippen LogP contribution < -0.4 is 35.0 Å². The zero-order valence-electron chi connectivity index (χ0n) is 23.5. The van der Waals surface area contributed by atoms with Crippen LogP contribution in [-0.4, -0.2) is 63.1 Å². The van der Waals surface area contributed by atoms with Crippen molar-refractivity contribution in [2.24, 2.45) is 5.10 Å². The molecule has 0 saturated heterocycles. The highest BCUT2D eigenvalue weighted by molar-refractivity contribution is 5.97. The van der Waals surface area contributed by atoms with Gasteiger partial charge in [-0.25, -0.2) is 10.2 Å². The van der Waals surface area contributed by atoms with Crippen molar-refractivity contribution in [1.82, 2.24) is 10.7 Å². The smallest absolute Gasteiger partial charge is 0.338 e. The molecule has 224 valence electrons. The van der Waals surface area contributed by atoms with Gasteiger partial charge < -0.3 is 34.3 Å². The molecular formula is C30H30N4O9. The predicted molar refractivity (Wildman–Crippen MR) is 155 cm³/mol. The first kappa shape index (κ1) is 30.4. The number of amides is 3. The van der Waals surface area contributed by atoms with E-state index in [1.165, 1.54) is 12.3 Å². The maximum absolute atomic E-state index is 12.4. The first-order chi connectivity index (χ1) is 20.9. The average molecular weight is 591 g/mol. The van der Waals surface area contributed by atoms with E-state index in [2.05, 4.69) is 21.2 Å². The van der Waals surface area contributed by atoms with Gasteiger partial charge in [0, 0.05) is 11.3 Å². The quantitative estimate of drug-likeness (QED) is 0.154. The third-order valence-corrected chi connectivity index (χ3v) is 5.75. The highest BCUT2D eigenvalue weighted by Crippen LogP contribution is 2.32. The normalized spacial score (nSPS) is 11.5. The van der Waals surface area contributed by atoms with Gasteiger partial charge in [-0.1, -0.05) is 0 Å². The largest absolute Gasteiger partial charge is 0.490 e. The van der Waals surface area contributed by atoms with Crippen molar-refractivity contribution in [2.45, 2.75) is 13.8 Å². The Hall–Kier alpha value is -5.59. The van der Waals surface area contributed by atoms with Gasteiger partial charge in [-0.3, -0.25) is 14.4 Å². The Labute approximate surface area is 247 Å². The molecule has 0 aromatic heterocycles. The summed E-state index contributed by atoms with van der Waals surface area (Å²) in [5, 5.41) is 9.12. The molecule has 0 saturated carbocycles. The van der Waals surface area contributed by atoms with Crippen LogP contribution in [0.5, 0.6) is 23.0 Å². The highest BCUT2D eigenvalue weighted by atomic mass is 16.7. The van der Waals surface area contributed by atoms with E-state index < -0.39 is 23.7 Å². The zero-order valence-corrected chi connectivity index (χ0v) is 23.5. The molecule has 13 nitrogen and oxygen atoms in total. The second kappa shape index (κ2) is 14.9. The van der Waals surface area contributed by atoms with Gasteiger partial charge in [-0.2, -0.15) is 5.10 Å². The molecule has 13 heteroatoms. The van der Waals surface area contributed by atoms with E-state index in [9.17, 15) is 19.2 Å². The maximum atomic E-state index is 12.4. The van der Waals surface area contributed by atoms with Crippen LogP contribution in [-0.2, 0) is 14.3 Å². The fourth-order valence-electron chi connectivity index (χ4n) is 3.76. The lowest BCUT2D eigenvalue weighted by atomic mass is 10.2.